The maximum atomic E-state index is 8.58. The maximum Gasteiger partial charge on any atom is 0.154 e. The second-order valence-electron chi connectivity index (χ2n) is 0.571. The molecule has 1 radical (unpaired) electrons. The minimum absolute atomic E-state index is 0. The van der Waals surface area contributed by atoms with E-state index in [0.717, 1.165) is 0 Å². The van der Waals surface area contributed by atoms with Crippen LogP contribution in [0.5, 0.6) is 0 Å². The topological polar surface area (TPSA) is 138 Å². The van der Waals surface area contributed by atoms with E-state index in [1.807, 2.05) is 0 Å². The number of nitrogens with two attached hydrogens (primary N) is 2. The number of nitro groups is 2. The van der Waals surface area contributed by atoms with Crippen molar-refractivity contribution in [2.24, 2.45) is 11.7 Å². The van der Waals surface area contributed by atoms with Gasteiger partial charge < -0.3 is 0 Å². The van der Waals surface area contributed by atoms with Crippen LogP contribution in [0.15, 0.2) is 0 Å². The molecule has 0 aliphatic heterocycles. The largest absolute Gasteiger partial charge is 0.235 e. The molecular weight excluding hydrogens is 127 g/mol. The second-order valence-corrected chi connectivity index (χ2v) is 0.571. The Morgan fingerprint density at radius 1 is 1.00 bits per heavy atom. The van der Waals surface area contributed by atoms with Crippen LogP contribution >= 0.6 is 0 Å². The summed E-state index contributed by atoms with van der Waals surface area (Å²) >= 11 is 0. The Morgan fingerprint density at radius 2 is 1.00 bits per heavy atom. The fourth-order valence-corrected chi connectivity index (χ4v) is 0. The van der Waals surface area contributed by atoms with E-state index in [1.165, 1.54) is 0 Å². The van der Waals surface area contributed by atoms with Crippen LogP contribution in [0.3, 0.4) is 0 Å². The molecule has 0 aliphatic carbocycles. The quantitative estimate of drug-likeness (QED) is 0.167. The zero-order chi connectivity index (χ0) is 7.15. The minimum atomic E-state index is -1.00. The van der Waals surface area contributed by atoms with Gasteiger partial charge in [-0.15, -0.1) is 0 Å². The molecule has 0 spiro atoms. The van der Waals surface area contributed by atoms with Gasteiger partial charge in [0.1, 0.15) is 0 Å². The molecule has 49 valence electrons. The molecule has 0 atom stereocenters. The Morgan fingerprint density at radius 3 is 1.00 bits per heavy atom. The zero-order valence-electron chi connectivity index (χ0n) is 4.68. The van der Waals surface area contributed by atoms with E-state index in [4.69, 9.17) is 20.2 Å². The van der Waals surface area contributed by atoms with Gasteiger partial charge in [0.15, 0.2) is 10.1 Å². The molecule has 0 aromatic carbocycles. The molecule has 0 saturated heterocycles. The average molecular weight is 131 g/mol. The molecule has 0 aliphatic rings. The van der Waals surface area contributed by atoms with Crippen LogP contribution < -0.4 is 11.7 Å². The third-order valence-electron chi connectivity index (χ3n) is 0. The van der Waals surface area contributed by atoms with Crippen LogP contribution in [-0.4, -0.2) is 28.9 Å². The predicted molar refractivity (Wildman–Crippen MR) is 28.1 cm³/mol. The van der Waals surface area contributed by atoms with Crippen molar-refractivity contribution >= 4 is 18.9 Å². The van der Waals surface area contributed by atoms with E-state index < -0.39 is 10.1 Å². The molecule has 0 rings (SSSR count). The molecule has 0 aromatic heterocycles. The molecule has 0 amide bonds. The van der Waals surface area contributed by atoms with Crippen LogP contribution in [-0.2, 0) is 0 Å². The summed E-state index contributed by atoms with van der Waals surface area (Å²) in [6.45, 7) is 0. The first-order chi connectivity index (χ1) is 3.46. The predicted octanol–water partition coefficient (Wildman–Crippen LogP) is -2.11. The number of hydrogen-bond acceptors (Lipinski definition) is 4. The Kier molecular flexibility index (Phi) is 17.6. The summed E-state index contributed by atoms with van der Waals surface area (Å²) in [7, 11) is 0. The first-order valence-corrected chi connectivity index (χ1v) is 1.25. The summed E-state index contributed by atoms with van der Waals surface area (Å²) in [4.78, 5) is 17.2. The average Bonchev–Trinajstić information content (AvgIpc) is 1.25. The summed E-state index contributed by atoms with van der Waals surface area (Å²) in [5.41, 5.74) is 0. The molecule has 0 saturated carbocycles. The van der Waals surface area contributed by atoms with E-state index >= 15 is 0 Å². The van der Waals surface area contributed by atoms with Gasteiger partial charge in [0.05, 0.1) is 0 Å². The van der Waals surface area contributed by atoms with E-state index in [0.29, 0.717) is 0 Å². The van der Waals surface area contributed by atoms with Crippen molar-refractivity contribution in [3.63, 3.8) is 0 Å². The molecule has 4 N–H and O–H groups in total. The van der Waals surface area contributed by atoms with Crippen LogP contribution in [0, 0.1) is 20.2 Å². The Bertz CT molecular complexity index is 70.6. The molecule has 0 aromatic rings. The Labute approximate surface area is 61.6 Å². The van der Waals surface area contributed by atoms with Crippen molar-refractivity contribution in [1.29, 1.82) is 0 Å². The molecule has 0 heterocycles. The molecule has 9 heavy (non-hydrogen) atoms. The van der Waals surface area contributed by atoms with Gasteiger partial charge in [-0.25, -0.2) is 20.2 Å². The summed E-state index contributed by atoms with van der Waals surface area (Å²) in [6, 6.07) is 0. The third kappa shape index (κ3) is 174. The third-order valence-corrected chi connectivity index (χ3v) is 0. The van der Waals surface area contributed by atoms with Gasteiger partial charge in [0.25, 0.3) is 0 Å². The molecule has 8 nitrogen and oxygen atoms in total. The van der Waals surface area contributed by atoms with Crippen LogP contribution in [0.1, 0.15) is 0 Å². The molecule has 9 heteroatoms. The first kappa shape index (κ1) is 15.7. The second kappa shape index (κ2) is 10.1. The van der Waals surface area contributed by atoms with Crippen LogP contribution in [0.2, 0.25) is 0 Å². The van der Waals surface area contributed by atoms with Gasteiger partial charge in [-0.3, -0.25) is 0 Å². The summed E-state index contributed by atoms with van der Waals surface area (Å²) < 4.78 is 0. The van der Waals surface area contributed by atoms with Gasteiger partial charge in [-0.1, -0.05) is 0 Å². The number of hydrazine groups is 2. The first-order valence-electron chi connectivity index (χ1n) is 1.25. The van der Waals surface area contributed by atoms with Gasteiger partial charge in [-0.2, -0.15) is 11.7 Å². The Balaban J connectivity index is -0.0000000720. The van der Waals surface area contributed by atoms with Gasteiger partial charge in [0.2, 0.25) is 0 Å². The van der Waals surface area contributed by atoms with Crippen molar-refractivity contribution < 1.29 is 10.1 Å². The molecule has 0 unspecified atom stereocenters. The summed E-state index contributed by atoms with van der Waals surface area (Å²) in [5, 5.41) is 15.2. The smallest absolute Gasteiger partial charge is 0.154 e. The molecule has 0 bridgehead atoms. The fraction of sp³-hybridized carbons (Fsp3) is 0. The van der Waals surface area contributed by atoms with E-state index in [2.05, 4.69) is 11.7 Å². The van der Waals surface area contributed by atoms with Crippen LogP contribution in [0.25, 0.3) is 0 Å². The van der Waals surface area contributed by atoms with Gasteiger partial charge in [-0.05, 0) is 0 Å². The maximum absolute atomic E-state index is 8.58. The van der Waals surface area contributed by atoms with E-state index in [1.54, 1.807) is 0 Å². The standard InChI is InChI=1S/Li.2H2N2O2/c;2*1-2(3)4/h;2*1H2. The van der Waals surface area contributed by atoms with Crippen molar-refractivity contribution in [2.75, 3.05) is 0 Å². The van der Waals surface area contributed by atoms with Crippen molar-refractivity contribution in [3.05, 3.63) is 20.2 Å². The molecular formula is H4LiN4O4. The van der Waals surface area contributed by atoms with Crippen molar-refractivity contribution in [1.82, 2.24) is 0 Å². The normalized spacial score (nSPS) is 5.33. The van der Waals surface area contributed by atoms with Crippen LogP contribution in [0.4, 0.5) is 0 Å². The SMILES string of the molecule is N[N+](=O)[O-].N[N+](=O)[O-].[Li]. The zero-order valence-corrected chi connectivity index (χ0v) is 4.68. The fourth-order valence-electron chi connectivity index (χ4n) is 0. The minimum Gasteiger partial charge on any atom is -0.235 e. The number of rotatable bonds is 0. The monoisotopic (exact) mass is 131 g/mol. The van der Waals surface area contributed by atoms with E-state index in [9.17, 15) is 0 Å². The Hall–Kier alpha value is -1.00. The van der Waals surface area contributed by atoms with Gasteiger partial charge in [0, 0.05) is 18.9 Å². The van der Waals surface area contributed by atoms with Gasteiger partial charge >= 0.3 is 0 Å². The van der Waals surface area contributed by atoms with Crippen molar-refractivity contribution in [2.45, 2.75) is 0 Å². The summed E-state index contributed by atoms with van der Waals surface area (Å²) in [6.07, 6.45) is 0. The molecule has 0 fully saturated rings. The number of nitrogens with zero attached hydrogens (tertiary/aromatic N) is 2. The van der Waals surface area contributed by atoms with Crippen molar-refractivity contribution in [3.8, 4) is 0 Å². The summed E-state index contributed by atoms with van der Waals surface area (Å²) in [5.74, 6) is 7.67. The van der Waals surface area contributed by atoms with E-state index in [-0.39, 0.29) is 18.9 Å². The number of hydrogen-bond donors (Lipinski definition) is 2.